The molecule has 0 aliphatic carbocycles. The zero-order chi connectivity index (χ0) is 12.8. The van der Waals surface area contributed by atoms with Crippen molar-refractivity contribution in [3.05, 3.63) is 0 Å². The molecule has 0 saturated carbocycles. The van der Waals surface area contributed by atoms with Crippen LogP contribution in [-0.4, -0.2) is 64.4 Å². The summed E-state index contributed by atoms with van der Waals surface area (Å²) in [6, 6.07) is 0. The summed E-state index contributed by atoms with van der Waals surface area (Å²) in [7, 11) is 0. The normalized spacial score (nSPS) is 50.5. The quantitative estimate of drug-likeness (QED) is 0.632. The SMILES string of the molecule is C1CC2(CO1)OCC1(CO2)COC2(CCOC2)OC1. The van der Waals surface area contributed by atoms with Gasteiger partial charge in [0.05, 0.1) is 45.1 Å². The van der Waals surface area contributed by atoms with Gasteiger partial charge in [0.1, 0.15) is 13.2 Å². The van der Waals surface area contributed by atoms with Crippen LogP contribution in [0.15, 0.2) is 0 Å². The molecule has 6 heteroatoms. The fourth-order valence-electron chi connectivity index (χ4n) is 2.98. The van der Waals surface area contributed by atoms with Crippen LogP contribution in [0.3, 0.4) is 0 Å². The van der Waals surface area contributed by atoms with Crippen LogP contribution in [0, 0.1) is 5.41 Å². The van der Waals surface area contributed by atoms with Gasteiger partial charge in [-0.05, 0) is 0 Å². The largest absolute Gasteiger partial charge is 0.376 e. The third-order valence-corrected chi connectivity index (χ3v) is 4.46. The van der Waals surface area contributed by atoms with Gasteiger partial charge in [-0.1, -0.05) is 0 Å². The van der Waals surface area contributed by atoms with E-state index in [9.17, 15) is 0 Å². The summed E-state index contributed by atoms with van der Waals surface area (Å²) in [5, 5.41) is 0. The molecule has 3 spiro atoms. The summed E-state index contributed by atoms with van der Waals surface area (Å²) in [6.45, 7) is 4.90. The smallest absolute Gasteiger partial charge is 0.194 e. The van der Waals surface area contributed by atoms with Crippen molar-refractivity contribution in [2.24, 2.45) is 5.41 Å². The highest BCUT2D eigenvalue weighted by molar-refractivity contribution is 4.92. The molecule has 0 amide bonds. The van der Waals surface area contributed by atoms with E-state index in [0.717, 1.165) is 12.8 Å². The molecule has 4 saturated heterocycles. The molecule has 0 radical (unpaired) electrons. The summed E-state index contributed by atoms with van der Waals surface area (Å²) < 4.78 is 34.5. The molecule has 6 nitrogen and oxygen atoms in total. The number of rotatable bonds is 0. The Morgan fingerprint density at radius 1 is 0.526 bits per heavy atom. The first-order valence-electron chi connectivity index (χ1n) is 6.95. The van der Waals surface area contributed by atoms with Gasteiger partial charge in [-0.25, -0.2) is 0 Å². The van der Waals surface area contributed by atoms with Crippen LogP contribution >= 0.6 is 0 Å². The second kappa shape index (κ2) is 4.38. The van der Waals surface area contributed by atoms with Gasteiger partial charge in [0.25, 0.3) is 0 Å². The maximum Gasteiger partial charge on any atom is 0.194 e. The molecular weight excluding hydrogens is 252 g/mol. The van der Waals surface area contributed by atoms with Gasteiger partial charge in [0.15, 0.2) is 11.6 Å². The molecule has 0 aromatic rings. The first-order chi connectivity index (χ1) is 9.24. The molecule has 0 aromatic carbocycles. The Hall–Kier alpha value is -0.240. The molecule has 108 valence electrons. The Bertz CT molecular complexity index is 288. The van der Waals surface area contributed by atoms with Gasteiger partial charge in [0, 0.05) is 12.8 Å². The van der Waals surface area contributed by atoms with E-state index >= 15 is 0 Å². The lowest BCUT2D eigenvalue weighted by Gasteiger charge is -2.48. The van der Waals surface area contributed by atoms with Crippen LogP contribution < -0.4 is 0 Å². The average Bonchev–Trinajstić information content (AvgIpc) is 3.09. The molecule has 4 rings (SSSR count). The monoisotopic (exact) mass is 272 g/mol. The Morgan fingerprint density at radius 2 is 0.947 bits per heavy atom. The average molecular weight is 272 g/mol. The first-order valence-corrected chi connectivity index (χ1v) is 6.95. The predicted octanol–water partition coefficient (Wildman–Crippen LogP) is 0.300. The van der Waals surface area contributed by atoms with E-state index in [1.165, 1.54) is 0 Å². The van der Waals surface area contributed by atoms with Gasteiger partial charge in [0.2, 0.25) is 0 Å². The van der Waals surface area contributed by atoms with E-state index in [1.54, 1.807) is 0 Å². The Kier molecular flexibility index (Phi) is 2.88. The van der Waals surface area contributed by atoms with Crippen LogP contribution in [-0.2, 0) is 28.4 Å². The van der Waals surface area contributed by atoms with E-state index in [1.807, 2.05) is 0 Å². The number of hydrogen-bond acceptors (Lipinski definition) is 6. The predicted molar refractivity (Wildman–Crippen MR) is 62.6 cm³/mol. The van der Waals surface area contributed by atoms with Crippen molar-refractivity contribution in [1.29, 1.82) is 0 Å². The van der Waals surface area contributed by atoms with Crippen molar-refractivity contribution < 1.29 is 28.4 Å². The molecule has 4 aliphatic heterocycles. The summed E-state index contributed by atoms with van der Waals surface area (Å²) >= 11 is 0. The molecule has 0 bridgehead atoms. The molecule has 0 N–H and O–H groups in total. The number of ether oxygens (including phenoxy) is 6. The van der Waals surface area contributed by atoms with E-state index in [0.29, 0.717) is 52.9 Å². The summed E-state index contributed by atoms with van der Waals surface area (Å²) in [4.78, 5) is 0. The second-order valence-corrected chi connectivity index (χ2v) is 6.08. The fourth-order valence-corrected chi connectivity index (χ4v) is 2.98. The molecule has 4 fully saturated rings. The molecular formula is C13H20O6. The van der Waals surface area contributed by atoms with E-state index in [2.05, 4.69) is 0 Å². The first kappa shape index (κ1) is 12.5. The van der Waals surface area contributed by atoms with Gasteiger partial charge in [-0.15, -0.1) is 0 Å². The van der Waals surface area contributed by atoms with Crippen molar-refractivity contribution in [3.8, 4) is 0 Å². The lowest BCUT2D eigenvalue weighted by atomic mass is 9.89. The summed E-state index contributed by atoms with van der Waals surface area (Å²) in [5.41, 5.74) is -0.179. The minimum Gasteiger partial charge on any atom is -0.376 e. The van der Waals surface area contributed by atoms with E-state index < -0.39 is 11.6 Å². The lowest BCUT2D eigenvalue weighted by molar-refractivity contribution is -0.363. The van der Waals surface area contributed by atoms with Gasteiger partial charge < -0.3 is 28.4 Å². The third kappa shape index (κ3) is 2.11. The van der Waals surface area contributed by atoms with Crippen molar-refractivity contribution in [3.63, 3.8) is 0 Å². The summed E-state index contributed by atoms with van der Waals surface area (Å²) in [6.07, 6.45) is 1.62. The molecule has 4 aliphatic rings. The van der Waals surface area contributed by atoms with Crippen molar-refractivity contribution in [2.45, 2.75) is 24.4 Å². The maximum absolute atomic E-state index is 5.93. The van der Waals surface area contributed by atoms with E-state index in [4.69, 9.17) is 28.4 Å². The maximum atomic E-state index is 5.93. The van der Waals surface area contributed by atoms with Crippen molar-refractivity contribution >= 4 is 0 Å². The molecule has 4 heterocycles. The van der Waals surface area contributed by atoms with Gasteiger partial charge in [-0.2, -0.15) is 0 Å². The van der Waals surface area contributed by atoms with Crippen LogP contribution in [0.2, 0.25) is 0 Å². The minimum absolute atomic E-state index is 0.179. The highest BCUT2D eigenvalue weighted by Gasteiger charge is 2.52. The van der Waals surface area contributed by atoms with Crippen LogP contribution in [0.25, 0.3) is 0 Å². The highest BCUT2D eigenvalue weighted by Crippen LogP contribution is 2.40. The zero-order valence-corrected chi connectivity index (χ0v) is 11.0. The number of hydrogen-bond donors (Lipinski definition) is 0. The standard InChI is InChI=1S/C13H20O6/c1-3-14-9-12(1)16-5-11(6-17-12)7-18-13(19-8-11)2-4-15-10-13/h1-10H2. The minimum atomic E-state index is -0.517. The fraction of sp³-hybridized carbons (Fsp3) is 1.00. The van der Waals surface area contributed by atoms with Crippen molar-refractivity contribution in [2.75, 3.05) is 52.9 Å². The summed E-state index contributed by atoms with van der Waals surface area (Å²) in [5.74, 6) is -1.03. The lowest BCUT2D eigenvalue weighted by Crippen LogP contribution is -2.59. The Balaban J connectivity index is 1.38. The highest BCUT2D eigenvalue weighted by atomic mass is 16.8. The van der Waals surface area contributed by atoms with Crippen LogP contribution in [0.4, 0.5) is 0 Å². The third-order valence-electron chi connectivity index (χ3n) is 4.46. The molecule has 0 aromatic heterocycles. The Morgan fingerprint density at radius 3 is 1.26 bits per heavy atom. The van der Waals surface area contributed by atoms with Crippen LogP contribution in [0.5, 0.6) is 0 Å². The van der Waals surface area contributed by atoms with E-state index in [-0.39, 0.29) is 5.41 Å². The molecule has 0 unspecified atom stereocenters. The van der Waals surface area contributed by atoms with Crippen molar-refractivity contribution in [1.82, 2.24) is 0 Å². The van der Waals surface area contributed by atoms with Gasteiger partial charge >= 0.3 is 0 Å². The Labute approximate surface area is 112 Å². The van der Waals surface area contributed by atoms with Gasteiger partial charge in [-0.3, -0.25) is 0 Å². The van der Waals surface area contributed by atoms with Crippen LogP contribution in [0.1, 0.15) is 12.8 Å². The molecule has 0 atom stereocenters. The zero-order valence-electron chi connectivity index (χ0n) is 11.0. The topological polar surface area (TPSA) is 55.4 Å². The molecule has 19 heavy (non-hydrogen) atoms. The second-order valence-electron chi connectivity index (χ2n) is 6.08.